The van der Waals surface area contributed by atoms with Crippen LogP contribution in [-0.4, -0.2) is 22.8 Å². The Bertz CT molecular complexity index is 814. The molecule has 1 saturated heterocycles. The molecule has 1 heterocycles. The van der Waals surface area contributed by atoms with E-state index < -0.39 is 0 Å². The number of carbonyl (C=O) groups excluding carboxylic acids is 2. The number of hydrogen-bond acceptors (Lipinski definition) is 5. The van der Waals surface area contributed by atoms with Crippen LogP contribution in [0.2, 0.25) is 0 Å². The van der Waals surface area contributed by atoms with Crippen LogP contribution in [0.25, 0.3) is 6.08 Å². The number of imide groups is 1. The van der Waals surface area contributed by atoms with Crippen LogP contribution in [0.15, 0.2) is 53.4 Å². The molecule has 2 aromatic carbocycles. The maximum absolute atomic E-state index is 12.5. The zero-order chi connectivity index (χ0) is 17.8. The van der Waals surface area contributed by atoms with Crippen LogP contribution in [-0.2, 0) is 4.79 Å². The second-order valence-corrected chi connectivity index (χ2v) is 6.49. The van der Waals surface area contributed by atoms with E-state index in [1.807, 2.05) is 38.1 Å². The molecule has 0 aromatic heterocycles. The molecule has 25 heavy (non-hydrogen) atoms. The van der Waals surface area contributed by atoms with Gasteiger partial charge < -0.3 is 4.74 Å². The summed E-state index contributed by atoms with van der Waals surface area (Å²) in [6.45, 7) is 4.49. The Hall–Kier alpha value is -2.73. The molecule has 5 nitrogen and oxygen atoms in total. The van der Waals surface area contributed by atoms with E-state index in [0.717, 1.165) is 33.6 Å². The minimum atomic E-state index is -0.357. The van der Waals surface area contributed by atoms with Crippen molar-refractivity contribution >= 4 is 34.7 Å². The summed E-state index contributed by atoms with van der Waals surface area (Å²) in [7, 11) is 0. The molecule has 0 atom stereocenters. The second kappa shape index (κ2) is 7.44. The van der Waals surface area contributed by atoms with E-state index in [2.05, 4.69) is 5.43 Å². The number of hydrazine groups is 1. The summed E-state index contributed by atoms with van der Waals surface area (Å²) in [6.07, 6.45) is 1.73. The fraction of sp³-hybridized carbons (Fsp3) is 0.158. The van der Waals surface area contributed by atoms with Gasteiger partial charge in [0.25, 0.3) is 5.91 Å². The summed E-state index contributed by atoms with van der Waals surface area (Å²) in [6, 6.07) is 14.9. The normalized spacial score (nSPS) is 15.8. The van der Waals surface area contributed by atoms with Crippen LogP contribution in [0.4, 0.5) is 10.5 Å². The number of anilines is 1. The Morgan fingerprint density at radius 2 is 1.76 bits per heavy atom. The van der Waals surface area contributed by atoms with Gasteiger partial charge in [-0.2, -0.15) is 5.01 Å². The summed E-state index contributed by atoms with van der Waals surface area (Å²) in [5.41, 5.74) is 5.52. The third-order valence-corrected chi connectivity index (χ3v) is 4.44. The van der Waals surface area contributed by atoms with Crippen molar-refractivity contribution in [3.63, 3.8) is 0 Å². The fourth-order valence-corrected chi connectivity index (χ4v) is 3.08. The first-order chi connectivity index (χ1) is 12.1. The Morgan fingerprint density at radius 3 is 2.40 bits per heavy atom. The van der Waals surface area contributed by atoms with E-state index in [4.69, 9.17) is 4.74 Å². The van der Waals surface area contributed by atoms with Gasteiger partial charge in [0.15, 0.2) is 0 Å². The first kappa shape index (κ1) is 17.1. The number of rotatable bonds is 5. The topological polar surface area (TPSA) is 58.6 Å². The quantitative estimate of drug-likeness (QED) is 0.804. The van der Waals surface area contributed by atoms with Gasteiger partial charge in [0.2, 0.25) is 0 Å². The molecule has 2 amide bonds. The van der Waals surface area contributed by atoms with Crippen LogP contribution in [0.5, 0.6) is 5.75 Å². The maximum atomic E-state index is 12.5. The van der Waals surface area contributed by atoms with Crippen molar-refractivity contribution < 1.29 is 14.3 Å². The lowest BCUT2D eigenvalue weighted by atomic mass is 10.1. The summed E-state index contributed by atoms with van der Waals surface area (Å²) in [5.74, 6) is 0.380. The highest BCUT2D eigenvalue weighted by Crippen LogP contribution is 2.32. The Balaban J connectivity index is 1.73. The first-order valence-corrected chi connectivity index (χ1v) is 8.72. The van der Waals surface area contributed by atoms with E-state index in [-0.39, 0.29) is 11.1 Å². The molecular formula is C19H18N2O3S. The van der Waals surface area contributed by atoms with Crippen molar-refractivity contribution in [1.82, 2.24) is 5.01 Å². The third kappa shape index (κ3) is 4.03. The molecule has 0 spiro atoms. The molecule has 0 radical (unpaired) electrons. The minimum Gasteiger partial charge on any atom is -0.494 e. The SMILES string of the molecule is CCOc1ccc(NN2C(=O)SC(=Cc3ccc(C)cc3)C2=O)cc1. The summed E-state index contributed by atoms with van der Waals surface area (Å²) in [5, 5.41) is 0.678. The van der Waals surface area contributed by atoms with Crippen LogP contribution < -0.4 is 10.2 Å². The predicted molar refractivity (Wildman–Crippen MR) is 100 cm³/mol. The molecule has 128 valence electrons. The zero-order valence-electron chi connectivity index (χ0n) is 14.0. The van der Waals surface area contributed by atoms with Gasteiger partial charge in [-0.1, -0.05) is 29.8 Å². The van der Waals surface area contributed by atoms with Crippen molar-refractivity contribution in [1.29, 1.82) is 0 Å². The second-order valence-electron chi connectivity index (χ2n) is 5.50. The monoisotopic (exact) mass is 354 g/mol. The molecule has 3 rings (SSSR count). The summed E-state index contributed by atoms with van der Waals surface area (Å²) >= 11 is 0.923. The van der Waals surface area contributed by atoms with Gasteiger partial charge in [-0.15, -0.1) is 0 Å². The Labute approximate surface area is 150 Å². The maximum Gasteiger partial charge on any atom is 0.312 e. The molecular weight excluding hydrogens is 336 g/mol. The summed E-state index contributed by atoms with van der Waals surface area (Å²) < 4.78 is 5.38. The van der Waals surface area contributed by atoms with Gasteiger partial charge in [0, 0.05) is 0 Å². The molecule has 1 fully saturated rings. The highest BCUT2D eigenvalue weighted by Gasteiger charge is 2.35. The number of nitrogens with one attached hydrogen (secondary N) is 1. The molecule has 1 N–H and O–H groups in total. The van der Waals surface area contributed by atoms with Crippen LogP contribution >= 0.6 is 11.8 Å². The number of ether oxygens (including phenoxy) is 1. The Kier molecular flexibility index (Phi) is 5.09. The smallest absolute Gasteiger partial charge is 0.312 e. The number of aryl methyl sites for hydroxylation is 1. The van der Waals surface area contributed by atoms with Crippen LogP contribution in [0, 0.1) is 6.92 Å². The van der Waals surface area contributed by atoms with Crippen molar-refractivity contribution in [3.05, 3.63) is 64.6 Å². The molecule has 1 aliphatic heterocycles. The van der Waals surface area contributed by atoms with Crippen molar-refractivity contribution in [2.75, 3.05) is 12.0 Å². The number of carbonyl (C=O) groups is 2. The fourth-order valence-electron chi connectivity index (χ4n) is 2.30. The minimum absolute atomic E-state index is 0.350. The number of benzene rings is 2. The van der Waals surface area contributed by atoms with E-state index in [1.165, 1.54) is 0 Å². The van der Waals surface area contributed by atoms with Gasteiger partial charge >= 0.3 is 5.24 Å². The zero-order valence-corrected chi connectivity index (χ0v) is 14.8. The molecule has 2 aromatic rings. The third-order valence-electron chi connectivity index (χ3n) is 3.58. The predicted octanol–water partition coefficient (Wildman–Crippen LogP) is 4.46. The van der Waals surface area contributed by atoms with E-state index >= 15 is 0 Å². The molecule has 1 aliphatic rings. The lowest BCUT2D eigenvalue weighted by Crippen LogP contribution is -2.33. The molecule has 0 bridgehead atoms. The number of amides is 2. The standard InChI is InChI=1S/C19H18N2O3S/c1-3-24-16-10-8-15(9-11-16)20-21-18(22)17(25-19(21)23)12-14-6-4-13(2)5-7-14/h4-12,20H,3H2,1-2H3. The van der Waals surface area contributed by atoms with Crippen molar-refractivity contribution in [2.24, 2.45) is 0 Å². The lowest BCUT2D eigenvalue weighted by molar-refractivity contribution is -0.121. The van der Waals surface area contributed by atoms with Gasteiger partial charge in [0.1, 0.15) is 5.75 Å². The molecule has 0 unspecified atom stereocenters. The summed E-state index contributed by atoms with van der Waals surface area (Å²) in [4.78, 5) is 25.0. The van der Waals surface area contributed by atoms with Gasteiger partial charge in [-0.05, 0) is 61.5 Å². The average Bonchev–Trinajstić information content (AvgIpc) is 2.86. The number of hydrogen-bond donors (Lipinski definition) is 1. The number of nitrogens with zero attached hydrogens (tertiary/aromatic N) is 1. The molecule has 6 heteroatoms. The van der Waals surface area contributed by atoms with Crippen molar-refractivity contribution in [2.45, 2.75) is 13.8 Å². The average molecular weight is 354 g/mol. The Morgan fingerprint density at radius 1 is 1.08 bits per heavy atom. The highest BCUT2D eigenvalue weighted by atomic mass is 32.2. The molecule has 0 saturated carbocycles. The largest absolute Gasteiger partial charge is 0.494 e. The van der Waals surface area contributed by atoms with Crippen LogP contribution in [0.3, 0.4) is 0 Å². The van der Waals surface area contributed by atoms with E-state index in [9.17, 15) is 9.59 Å². The number of thioether (sulfide) groups is 1. The van der Waals surface area contributed by atoms with Gasteiger partial charge in [-0.25, -0.2) is 0 Å². The van der Waals surface area contributed by atoms with Crippen LogP contribution in [0.1, 0.15) is 18.1 Å². The first-order valence-electron chi connectivity index (χ1n) is 7.91. The lowest BCUT2D eigenvalue weighted by Gasteiger charge is -2.15. The van der Waals surface area contributed by atoms with E-state index in [0.29, 0.717) is 17.2 Å². The van der Waals surface area contributed by atoms with Crippen molar-refractivity contribution in [3.8, 4) is 5.75 Å². The molecule has 0 aliphatic carbocycles. The van der Waals surface area contributed by atoms with E-state index in [1.54, 1.807) is 30.3 Å². The van der Waals surface area contributed by atoms with Gasteiger partial charge in [-0.3, -0.25) is 15.0 Å². The highest BCUT2D eigenvalue weighted by molar-refractivity contribution is 8.18. The van der Waals surface area contributed by atoms with Gasteiger partial charge in [0.05, 0.1) is 17.2 Å².